The standard InChI is InChI=1S/C43H76/c1-30(2)33(5)22-26-42(15,16)43(17,18)27-23-38-35(7)34(6)36(8)39(37(38)9)28-31(3)20-21-32(4)29-41(13,14)25-19-24-40(10,11)12/h30,33H,3-4,19-29H2,1-2,5-18H3. The lowest BCUT2D eigenvalue weighted by molar-refractivity contribution is 0.0781. The van der Waals surface area contributed by atoms with Crippen molar-refractivity contribution in [2.45, 2.75) is 181 Å². The molecule has 0 N–H and O–H groups in total. The van der Waals surface area contributed by atoms with Gasteiger partial charge in [0.25, 0.3) is 0 Å². The first-order chi connectivity index (χ1) is 19.4. The van der Waals surface area contributed by atoms with Crippen LogP contribution in [0.1, 0.15) is 174 Å². The van der Waals surface area contributed by atoms with E-state index in [4.69, 9.17) is 0 Å². The van der Waals surface area contributed by atoms with Crippen molar-refractivity contribution >= 4 is 0 Å². The maximum absolute atomic E-state index is 4.58. The molecule has 1 rings (SSSR count). The molecule has 0 aromatic heterocycles. The number of rotatable bonds is 18. The molecular weight excluding hydrogens is 516 g/mol. The highest BCUT2D eigenvalue weighted by molar-refractivity contribution is 5.51. The molecule has 248 valence electrons. The van der Waals surface area contributed by atoms with E-state index in [-0.39, 0.29) is 5.41 Å². The van der Waals surface area contributed by atoms with Crippen molar-refractivity contribution in [2.75, 3.05) is 0 Å². The Bertz CT molecular complexity index is 1060. The molecule has 0 saturated heterocycles. The molecule has 0 heterocycles. The van der Waals surface area contributed by atoms with E-state index in [1.165, 1.54) is 77.5 Å². The molecule has 0 fully saturated rings. The predicted octanol–water partition coefficient (Wildman–Crippen LogP) is 14.0. The molecular formula is C43H76. The average molecular weight is 593 g/mol. The van der Waals surface area contributed by atoms with Crippen LogP contribution in [-0.4, -0.2) is 0 Å². The van der Waals surface area contributed by atoms with E-state index >= 15 is 0 Å². The molecule has 1 aromatic carbocycles. The Morgan fingerprint density at radius 3 is 1.65 bits per heavy atom. The van der Waals surface area contributed by atoms with Crippen LogP contribution < -0.4 is 0 Å². The Labute approximate surface area is 272 Å². The number of benzene rings is 1. The summed E-state index contributed by atoms with van der Waals surface area (Å²) in [6, 6.07) is 0. The summed E-state index contributed by atoms with van der Waals surface area (Å²) < 4.78 is 0. The highest BCUT2D eigenvalue weighted by Gasteiger charge is 2.37. The fourth-order valence-corrected chi connectivity index (χ4v) is 6.80. The van der Waals surface area contributed by atoms with Crippen LogP contribution in [-0.2, 0) is 12.8 Å². The third kappa shape index (κ3) is 12.5. The van der Waals surface area contributed by atoms with Gasteiger partial charge in [-0.1, -0.05) is 114 Å². The molecule has 0 nitrogen and oxygen atoms in total. The molecule has 0 bridgehead atoms. The molecule has 0 aliphatic carbocycles. The first-order valence-corrected chi connectivity index (χ1v) is 17.8. The summed E-state index contributed by atoms with van der Waals surface area (Å²) in [7, 11) is 0. The number of allylic oxidation sites excluding steroid dienone is 2. The summed E-state index contributed by atoms with van der Waals surface area (Å²) in [6.45, 7) is 47.6. The molecule has 0 heteroatoms. The van der Waals surface area contributed by atoms with E-state index in [2.05, 4.69) is 124 Å². The quantitative estimate of drug-likeness (QED) is 0.149. The Morgan fingerprint density at radius 1 is 0.605 bits per heavy atom. The molecule has 0 radical (unpaired) electrons. The van der Waals surface area contributed by atoms with E-state index in [1.807, 2.05) is 0 Å². The zero-order chi connectivity index (χ0) is 33.6. The van der Waals surface area contributed by atoms with Gasteiger partial charge in [0.2, 0.25) is 0 Å². The highest BCUT2D eigenvalue weighted by atomic mass is 14.4. The van der Waals surface area contributed by atoms with Gasteiger partial charge in [-0.15, -0.1) is 0 Å². The van der Waals surface area contributed by atoms with Crippen LogP contribution in [0.2, 0.25) is 0 Å². The largest absolute Gasteiger partial charge is 0.0998 e. The summed E-state index contributed by atoms with van der Waals surface area (Å²) in [4.78, 5) is 0. The minimum Gasteiger partial charge on any atom is -0.0998 e. The first-order valence-electron chi connectivity index (χ1n) is 17.8. The van der Waals surface area contributed by atoms with Gasteiger partial charge < -0.3 is 0 Å². The Kier molecular flexibility index (Phi) is 14.6. The van der Waals surface area contributed by atoms with Gasteiger partial charge >= 0.3 is 0 Å². The second-order valence-electron chi connectivity index (χ2n) is 18.4. The van der Waals surface area contributed by atoms with E-state index in [0.29, 0.717) is 16.2 Å². The molecule has 43 heavy (non-hydrogen) atoms. The van der Waals surface area contributed by atoms with Crippen LogP contribution in [0.4, 0.5) is 0 Å². The van der Waals surface area contributed by atoms with Crippen molar-refractivity contribution in [1.82, 2.24) is 0 Å². The van der Waals surface area contributed by atoms with Gasteiger partial charge in [-0.05, 0) is 159 Å². The first kappa shape index (κ1) is 39.7. The summed E-state index contributed by atoms with van der Waals surface area (Å²) in [5, 5.41) is 0. The smallest absolute Gasteiger partial charge is 0.00642 e. The zero-order valence-electron chi connectivity index (χ0n) is 32.3. The summed E-state index contributed by atoms with van der Waals surface area (Å²) in [5.41, 5.74) is 13.2. The summed E-state index contributed by atoms with van der Waals surface area (Å²) >= 11 is 0. The van der Waals surface area contributed by atoms with Crippen molar-refractivity contribution < 1.29 is 0 Å². The maximum Gasteiger partial charge on any atom is -0.00642 e. The van der Waals surface area contributed by atoms with E-state index < -0.39 is 0 Å². The second kappa shape index (κ2) is 15.8. The summed E-state index contributed by atoms with van der Waals surface area (Å²) in [5.74, 6) is 1.55. The van der Waals surface area contributed by atoms with Crippen molar-refractivity contribution in [3.63, 3.8) is 0 Å². The third-order valence-electron chi connectivity index (χ3n) is 11.9. The molecule has 0 saturated carbocycles. The lowest BCUT2D eigenvalue weighted by Crippen LogP contribution is -2.34. The van der Waals surface area contributed by atoms with Gasteiger partial charge in [-0.25, -0.2) is 0 Å². The van der Waals surface area contributed by atoms with E-state index in [0.717, 1.165) is 43.9 Å². The monoisotopic (exact) mass is 593 g/mol. The van der Waals surface area contributed by atoms with Crippen molar-refractivity contribution in [3.05, 3.63) is 57.7 Å². The molecule has 0 amide bonds. The second-order valence-corrected chi connectivity index (χ2v) is 18.4. The van der Waals surface area contributed by atoms with Crippen molar-refractivity contribution in [1.29, 1.82) is 0 Å². The molecule has 0 spiro atoms. The van der Waals surface area contributed by atoms with Crippen LogP contribution in [0.5, 0.6) is 0 Å². The number of hydrogen-bond donors (Lipinski definition) is 0. The zero-order valence-corrected chi connectivity index (χ0v) is 32.3. The molecule has 1 atom stereocenters. The topological polar surface area (TPSA) is 0 Å². The minimum atomic E-state index is 0.284. The van der Waals surface area contributed by atoms with Crippen molar-refractivity contribution in [2.24, 2.45) is 33.5 Å². The molecule has 1 unspecified atom stereocenters. The molecule has 0 aliphatic rings. The van der Waals surface area contributed by atoms with Crippen LogP contribution in [0.3, 0.4) is 0 Å². The average Bonchev–Trinajstić information content (AvgIpc) is 2.85. The molecule has 0 aliphatic heterocycles. The van der Waals surface area contributed by atoms with Crippen LogP contribution in [0.25, 0.3) is 0 Å². The maximum atomic E-state index is 4.58. The SMILES string of the molecule is C=C(CCC(=C)CC(C)(C)CCCC(C)(C)C)Cc1c(C)c(C)c(C)c(CCC(C)(C)C(C)(C)CCC(C)C(C)C)c1C. The van der Waals surface area contributed by atoms with Gasteiger partial charge in [0.05, 0.1) is 0 Å². The fraction of sp³-hybridized carbons (Fsp3) is 0.767. The van der Waals surface area contributed by atoms with Gasteiger partial charge in [-0.2, -0.15) is 0 Å². The normalized spacial score (nSPS) is 14.0. The number of hydrogen-bond acceptors (Lipinski definition) is 0. The lowest BCUT2D eigenvalue weighted by atomic mass is 9.62. The van der Waals surface area contributed by atoms with E-state index in [1.54, 1.807) is 5.56 Å². The van der Waals surface area contributed by atoms with Crippen LogP contribution in [0.15, 0.2) is 24.3 Å². The Morgan fingerprint density at radius 2 is 1.12 bits per heavy atom. The van der Waals surface area contributed by atoms with Gasteiger partial charge in [0, 0.05) is 0 Å². The predicted molar refractivity (Wildman–Crippen MR) is 197 cm³/mol. The van der Waals surface area contributed by atoms with Crippen LogP contribution >= 0.6 is 0 Å². The third-order valence-corrected chi connectivity index (χ3v) is 11.9. The Balaban J connectivity index is 2.93. The lowest BCUT2D eigenvalue weighted by Gasteiger charge is -2.43. The van der Waals surface area contributed by atoms with Gasteiger partial charge in [-0.3, -0.25) is 0 Å². The fourth-order valence-electron chi connectivity index (χ4n) is 6.80. The van der Waals surface area contributed by atoms with Gasteiger partial charge in [0.1, 0.15) is 0 Å². The van der Waals surface area contributed by atoms with Crippen LogP contribution in [0, 0.1) is 61.2 Å². The Hall–Kier alpha value is -1.30. The van der Waals surface area contributed by atoms with Gasteiger partial charge in [0.15, 0.2) is 0 Å². The summed E-state index contributed by atoms with van der Waals surface area (Å²) in [6.07, 6.45) is 13.1. The van der Waals surface area contributed by atoms with E-state index in [9.17, 15) is 0 Å². The molecule has 1 aromatic rings. The highest BCUT2D eigenvalue weighted by Crippen LogP contribution is 2.47. The van der Waals surface area contributed by atoms with Crippen molar-refractivity contribution in [3.8, 4) is 0 Å². The minimum absolute atomic E-state index is 0.284.